The van der Waals surface area contributed by atoms with Crippen LogP contribution in [0.3, 0.4) is 0 Å². The van der Waals surface area contributed by atoms with E-state index < -0.39 is 5.91 Å². The van der Waals surface area contributed by atoms with E-state index in [0.717, 1.165) is 0 Å². The summed E-state index contributed by atoms with van der Waals surface area (Å²) in [4.78, 5) is 11.7. The van der Waals surface area contributed by atoms with E-state index in [1.807, 2.05) is 0 Å². The maximum Gasteiger partial charge on any atom is 0.276 e. The number of aryl methyl sites for hydroxylation is 1. The topological polar surface area (TPSA) is 62.4 Å². The summed E-state index contributed by atoms with van der Waals surface area (Å²) < 4.78 is 18.7. The molecule has 0 heterocycles. The second-order valence-corrected chi connectivity index (χ2v) is 5.68. The predicted octanol–water partition coefficient (Wildman–Crippen LogP) is 3.18. The van der Waals surface area contributed by atoms with Crippen LogP contribution in [0.2, 0.25) is 5.02 Å². The average Bonchev–Trinajstić information content (AvgIpc) is 2.56. The smallest absolute Gasteiger partial charge is 0.276 e. The molecule has 8 heteroatoms. The zero-order chi connectivity index (χ0) is 17.5. The first-order valence-electron chi connectivity index (χ1n) is 6.94. The van der Waals surface area contributed by atoms with Crippen LogP contribution in [0.5, 0.6) is 5.75 Å². The summed E-state index contributed by atoms with van der Waals surface area (Å²) in [5.74, 6) is -0.252. The summed E-state index contributed by atoms with van der Waals surface area (Å²) in [6.45, 7) is 1.47. The maximum absolute atomic E-state index is 13.4. The number of carbonyl (C=O) groups is 1. The Kier molecular flexibility index (Phi) is 6.34. The largest absolute Gasteiger partial charge is 0.484 e. The zero-order valence-electron chi connectivity index (χ0n) is 12.7. The number of hydrogen-bond donors (Lipinski definition) is 3. The van der Waals surface area contributed by atoms with Gasteiger partial charge in [0.2, 0.25) is 0 Å². The van der Waals surface area contributed by atoms with E-state index >= 15 is 0 Å². The normalized spacial score (nSPS) is 9.96. The lowest BCUT2D eigenvalue weighted by atomic mass is 10.2. The lowest BCUT2D eigenvalue weighted by Gasteiger charge is -2.12. The van der Waals surface area contributed by atoms with Gasteiger partial charge in [0.15, 0.2) is 11.7 Å². The molecular formula is C16H15ClFN3O2S. The van der Waals surface area contributed by atoms with E-state index in [1.165, 1.54) is 6.07 Å². The molecule has 3 N–H and O–H groups in total. The monoisotopic (exact) mass is 367 g/mol. The van der Waals surface area contributed by atoms with E-state index in [4.69, 9.17) is 28.6 Å². The highest BCUT2D eigenvalue weighted by Crippen LogP contribution is 2.15. The van der Waals surface area contributed by atoms with Crippen LogP contribution >= 0.6 is 23.8 Å². The Morgan fingerprint density at radius 2 is 1.92 bits per heavy atom. The van der Waals surface area contributed by atoms with E-state index in [0.29, 0.717) is 22.0 Å². The number of thiocarbonyl (C=S) groups is 1. The molecule has 0 aliphatic carbocycles. The minimum Gasteiger partial charge on any atom is -0.484 e. The van der Waals surface area contributed by atoms with Gasteiger partial charge in [0.1, 0.15) is 11.6 Å². The van der Waals surface area contributed by atoms with Gasteiger partial charge in [-0.05, 0) is 61.1 Å². The number of carbonyl (C=O) groups excluding carboxylic acids is 1. The molecule has 24 heavy (non-hydrogen) atoms. The van der Waals surface area contributed by atoms with Crippen molar-refractivity contribution in [2.45, 2.75) is 6.92 Å². The molecule has 0 saturated carbocycles. The Morgan fingerprint density at radius 3 is 2.58 bits per heavy atom. The number of ether oxygens (including phenoxy) is 1. The number of hydrogen-bond acceptors (Lipinski definition) is 3. The highest BCUT2D eigenvalue weighted by Gasteiger charge is 2.05. The van der Waals surface area contributed by atoms with Crippen LogP contribution in [0.4, 0.5) is 10.1 Å². The molecule has 0 atom stereocenters. The number of benzene rings is 2. The number of nitrogens with one attached hydrogen (secondary N) is 3. The van der Waals surface area contributed by atoms with Crippen LogP contribution in [0.25, 0.3) is 0 Å². The van der Waals surface area contributed by atoms with Gasteiger partial charge >= 0.3 is 0 Å². The summed E-state index contributed by atoms with van der Waals surface area (Å²) in [7, 11) is 0. The van der Waals surface area contributed by atoms with E-state index in [2.05, 4.69) is 16.2 Å². The first-order chi connectivity index (χ1) is 11.4. The van der Waals surface area contributed by atoms with Crippen molar-refractivity contribution in [3.8, 4) is 5.75 Å². The summed E-state index contributed by atoms with van der Waals surface area (Å²) in [5.41, 5.74) is 5.89. The van der Waals surface area contributed by atoms with E-state index in [9.17, 15) is 9.18 Å². The molecule has 0 aliphatic rings. The minimum atomic E-state index is -0.427. The van der Waals surface area contributed by atoms with Crippen molar-refractivity contribution in [1.82, 2.24) is 10.9 Å². The van der Waals surface area contributed by atoms with Gasteiger partial charge in [0, 0.05) is 10.7 Å². The summed E-state index contributed by atoms with van der Waals surface area (Å²) >= 11 is 10.8. The molecule has 1 amide bonds. The first kappa shape index (κ1) is 18.0. The molecule has 2 aromatic carbocycles. The second kappa shape index (κ2) is 8.47. The van der Waals surface area contributed by atoms with Gasteiger partial charge < -0.3 is 10.1 Å². The first-order valence-corrected chi connectivity index (χ1v) is 7.73. The van der Waals surface area contributed by atoms with Crippen molar-refractivity contribution < 1.29 is 13.9 Å². The molecule has 2 rings (SSSR count). The number of anilines is 1. The molecule has 0 aromatic heterocycles. The van der Waals surface area contributed by atoms with Gasteiger partial charge in [-0.25, -0.2) is 4.39 Å². The van der Waals surface area contributed by atoms with Crippen molar-refractivity contribution in [2.24, 2.45) is 0 Å². The van der Waals surface area contributed by atoms with Gasteiger partial charge in [-0.1, -0.05) is 17.7 Å². The van der Waals surface area contributed by atoms with E-state index in [1.54, 1.807) is 43.3 Å². The minimum absolute atomic E-state index is 0.123. The maximum atomic E-state index is 13.4. The summed E-state index contributed by atoms with van der Waals surface area (Å²) in [6.07, 6.45) is 0. The third kappa shape index (κ3) is 5.68. The molecule has 0 bridgehead atoms. The Hall–Kier alpha value is -2.38. The van der Waals surface area contributed by atoms with Gasteiger partial charge in [-0.3, -0.25) is 15.6 Å². The van der Waals surface area contributed by atoms with Crippen LogP contribution in [-0.4, -0.2) is 17.6 Å². The number of rotatable bonds is 4. The zero-order valence-corrected chi connectivity index (χ0v) is 14.3. The third-order valence-corrected chi connectivity index (χ3v) is 3.38. The molecular weight excluding hydrogens is 353 g/mol. The number of hydrazine groups is 1. The Balaban J connectivity index is 1.73. The fourth-order valence-corrected chi connectivity index (χ4v) is 1.97. The molecule has 0 aliphatic heterocycles. The van der Waals surface area contributed by atoms with E-state index in [-0.39, 0.29) is 17.5 Å². The summed E-state index contributed by atoms with van der Waals surface area (Å²) in [5, 5.41) is 3.46. The molecule has 2 aromatic rings. The number of amides is 1. The van der Waals surface area contributed by atoms with Gasteiger partial charge in [-0.2, -0.15) is 0 Å². The number of halogens is 2. The van der Waals surface area contributed by atoms with Crippen LogP contribution in [0.1, 0.15) is 5.56 Å². The molecule has 0 fully saturated rings. The molecule has 0 radical (unpaired) electrons. The average molecular weight is 368 g/mol. The molecule has 126 valence electrons. The van der Waals surface area contributed by atoms with Gasteiger partial charge in [0.25, 0.3) is 5.91 Å². The lowest BCUT2D eigenvalue weighted by Crippen LogP contribution is -2.45. The Morgan fingerprint density at radius 1 is 1.21 bits per heavy atom. The standard InChI is InChI=1S/C16H15ClFN3O2S/c1-10-2-5-12(8-14(10)18)19-16(24)21-20-15(22)9-23-13-6-3-11(17)4-7-13/h2-8H,9H2,1H3,(H,20,22)(H2,19,21,24). The fourth-order valence-electron chi connectivity index (χ4n) is 1.68. The highest BCUT2D eigenvalue weighted by molar-refractivity contribution is 7.80. The highest BCUT2D eigenvalue weighted by atomic mass is 35.5. The lowest BCUT2D eigenvalue weighted by molar-refractivity contribution is -0.123. The van der Waals surface area contributed by atoms with Crippen molar-refractivity contribution in [3.05, 3.63) is 58.9 Å². The fraction of sp³-hybridized carbons (Fsp3) is 0.125. The van der Waals surface area contributed by atoms with Crippen LogP contribution in [0, 0.1) is 12.7 Å². The SMILES string of the molecule is Cc1ccc(NC(=S)NNC(=O)COc2ccc(Cl)cc2)cc1F. The molecule has 5 nitrogen and oxygen atoms in total. The Labute approximate surface area is 149 Å². The van der Waals surface area contributed by atoms with Crippen LogP contribution < -0.4 is 20.9 Å². The second-order valence-electron chi connectivity index (χ2n) is 4.83. The Bertz CT molecular complexity index is 741. The van der Waals surface area contributed by atoms with Crippen molar-refractivity contribution >= 4 is 40.5 Å². The van der Waals surface area contributed by atoms with Crippen LogP contribution in [0.15, 0.2) is 42.5 Å². The predicted molar refractivity (Wildman–Crippen MR) is 95.6 cm³/mol. The molecule has 0 saturated heterocycles. The van der Waals surface area contributed by atoms with Crippen LogP contribution in [-0.2, 0) is 4.79 Å². The van der Waals surface area contributed by atoms with Gasteiger partial charge in [0.05, 0.1) is 0 Å². The van der Waals surface area contributed by atoms with Crippen molar-refractivity contribution in [2.75, 3.05) is 11.9 Å². The molecule has 0 unspecified atom stereocenters. The molecule has 0 spiro atoms. The third-order valence-electron chi connectivity index (χ3n) is 2.93. The quantitative estimate of drug-likeness (QED) is 0.572. The van der Waals surface area contributed by atoms with Crippen molar-refractivity contribution in [3.63, 3.8) is 0 Å². The van der Waals surface area contributed by atoms with Crippen molar-refractivity contribution in [1.29, 1.82) is 0 Å². The summed E-state index contributed by atoms with van der Waals surface area (Å²) in [6, 6.07) is 11.2. The van der Waals surface area contributed by atoms with Gasteiger partial charge in [-0.15, -0.1) is 0 Å².